The molecule has 0 amide bonds. The molecule has 2 rings (SSSR count). The van der Waals surface area contributed by atoms with Crippen LogP contribution in [0.15, 0.2) is 36.4 Å². The van der Waals surface area contributed by atoms with E-state index in [1.807, 2.05) is 0 Å². The van der Waals surface area contributed by atoms with E-state index >= 15 is 0 Å². The molecular formula is C31H48. The largest absolute Gasteiger partial charge is 0.0645 e. The summed E-state index contributed by atoms with van der Waals surface area (Å²) in [5, 5.41) is 0. The van der Waals surface area contributed by atoms with Crippen LogP contribution in [0.25, 0.3) is 0 Å². The van der Waals surface area contributed by atoms with Gasteiger partial charge in [0, 0.05) is 5.92 Å². The van der Waals surface area contributed by atoms with E-state index < -0.39 is 0 Å². The van der Waals surface area contributed by atoms with Crippen LogP contribution < -0.4 is 0 Å². The van der Waals surface area contributed by atoms with Gasteiger partial charge in [-0.05, 0) is 61.5 Å². The minimum absolute atomic E-state index is 0.119. The summed E-state index contributed by atoms with van der Waals surface area (Å²) in [7, 11) is 0. The molecule has 0 spiro atoms. The molecule has 0 nitrogen and oxygen atoms in total. The van der Waals surface area contributed by atoms with Crippen LogP contribution >= 0.6 is 0 Å². The van der Waals surface area contributed by atoms with E-state index in [0.717, 1.165) is 6.42 Å². The zero-order valence-electron chi connectivity index (χ0n) is 22.7. The normalized spacial score (nSPS) is 14.6. The van der Waals surface area contributed by atoms with Crippen LogP contribution in [0.3, 0.4) is 0 Å². The highest BCUT2D eigenvalue weighted by Crippen LogP contribution is 2.41. The SMILES string of the molecule is CCC(c1cc(C(C)(C)C)cc(C(C)(C)C)c1)c1cc(C(C)(C)C)ccc1C(C)(C)C. The van der Waals surface area contributed by atoms with Gasteiger partial charge in [-0.3, -0.25) is 0 Å². The van der Waals surface area contributed by atoms with Crippen molar-refractivity contribution in [1.29, 1.82) is 0 Å². The Morgan fingerprint density at radius 3 is 1.35 bits per heavy atom. The lowest BCUT2D eigenvalue weighted by atomic mass is 9.72. The van der Waals surface area contributed by atoms with Crippen LogP contribution in [0.4, 0.5) is 0 Å². The van der Waals surface area contributed by atoms with Crippen LogP contribution in [0.2, 0.25) is 0 Å². The average Bonchev–Trinajstić information content (AvgIpc) is 2.59. The van der Waals surface area contributed by atoms with Gasteiger partial charge in [0.25, 0.3) is 0 Å². The third-order valence-corrected chi connectivity index (χ3v) is 6.60. The third kappa shape index (κ3) is 6.03. The summed E-state index contributed by atoms with van der Waals surface area (Å²) in [5.74, 6) is 0.403. The van der Waals surface area contributed by atoms with Crippen molar-refractivity contribution in [2.45, 2.75) is 124 Å². The second-order valence-electron chi connectivity index (χ2n) is 13.6. The molecular weight excluding hydrogens is 372 g/mol. The maximum Gasteiger partial charge on any atom is 0.00899 e. The fourth-order valence-electron chi connectivity index (χ4n) is 4.35. The smallest absolute Gasteiger partial charge is 0.00899 e. The molecule has 0 N–H and O–H groups in total. The average molecular weight is 421 g/mol. The van der Waals surface area contributed by atoms with Gasteiger partial charge in [0.05, 0.1) is 0 Å². The molecule has 2 aromatic rings. The maximum atomic E-state index is 2.51. The molecule has 1 atom stereocenters. The van der Waals surface area contributed by atoms with E-state index in [1.54, 1.807) is 0 Å². The summed E-state index contributed by atoms with van der Waals surface area (Å²) in [4.78, 5) is 0. The van der Waals surface area contributed by atoms with Crippen molar-refractivity contribution in [3.8, 4) is 0 Å². The Balaban J connectivity index is 2.84. The number of rotatable bonds is 3. The first kappa shape index (κ1) is 25.7. The molecule has 31 heavy (non-hydrogen) atoms. The van der Waals surface area contributed by atoms with Crippen LogP contribution in [0.5, 0.6) is 0 Å². The highest BCUT2D eigenvalue weighted by atomic mass is 14.3. The second-order valence-corrected chi connectivity index (χ2v) is 13.6. The first-order valence-corrected chi connectivity index (χ1v) is 12.2. The Hall–Kier alpha value is -1.56. The third-order valence-electron chi connectivity index (χ3n) is 6.60. The molecule has 1 unspecified atom stereocenters. The molecule has 0 saturated carbocycles. The van der Waals surface area contributed by atoms with Crippen LogP contribution in [-0.2, 0) is 21.7 Å². The topological polar surface area (TPSA) is 0 Å². The van der Waals surface area contributed by atoms with Crippen LogP contribution in [0.1, 0.15) is 136 Å². The summed E-state index contributed by atoms with van der Waals surface area (Å²) in [6, 6.07) is 14.7. The van der Waals surface area contributed by atoms with Crippen molar-refractivity contribution in [1.82, 2.24) is 0 Å². The monoisotopic (exact) mass is 420 g/mol. The summed E-state index contributed by atoms with van der Waals surface area (Å²) in [6.45, 7) is 30.4. The van der Waals surface area contributed by atoms with Gasteiger partial charge < -0.3 is 0 Å². The Labute approximate surface area is 193 Å². The lowest BCUT2D eigenvalue weighted by Crippen LogP contribution is -2.21. The summed E-state index contributed by atoms with van der Waals surface area (Å²) in [6.07, 6.45) is 1.11. The van der Waals surface area contributed by atoms with Crippen molar-refractivity contribution in [3.05, 3.63) is 69.8 Å². The Morgan fingerprint density at radius 1 is 0.548 bits per heavy atom. The summed E-state index contributed by atoms with van der Waals surface area (Å²) in [5.41, 5.74) is 9.30. The van der Waals surface area contributed by atoms with Crippen LogP contribution in [0, 0.1) is 0 Å². The molecule has 0 bridgehead atoms. The van der Waals surface area contributed by atoms with Gasteiger partial charge in [-0.2, -0.15) is 0 Å². The fourth-order valence-corrected chi connectivity index (χ4v) is 4.35. The van der Waals surface area contributed by atoms with Crippen molar-refractivity contribution in [2.75, 3.05) is 0 Å². The summed E-state index contributed by atoms with van der Waals surface area (Å²) < 4.78 is 0. The molecule has 0 fully saturated rings. The van der Waals surface area contributed by atoms with Crippen molar-refractivity contribution in [2.24, 2.45) is 0 Å². The zero-order chi connectivity index (χ0) is 24.0. The molecule has 0 aromatic heterocycles. The molecule has 0 aliphatic rings. The van der Waals surface area contributed by atoms with Gasteiger partial charge in [-0.25, -0.2) is 0 Å². The highest BCUT2D eigenvalue weighted by Gasteiger charge is 2.28. The predicted octanol–water partition coefficient (Wildman–Crippen LogP) is 9.42. The molecule has 0 heteroatoms. The van der Waals surface area contributed by atoms with E-state index in [-0.39, 0.29) is 21.7 Å². The first-order chi connectivity index (χ1) is 13.9. The number of hydrogen-bond acceptors (Lipinski definition) is 0. The number of benzene rings is 2. The molecule has 2 aromatic carbocycles. The van der Waals surface area contributed by atoms with Gasteiger partial charge >= 0.3 is 0 Å². The quantitative estimate of drug-likeness (QED) is 0.464. The predicted molar refractivity (Wildman–Crippen MR) is 140 cm³/mol. The van der Waals surface area contributed by atoms with E-state index in [2.05, 4.69) is 126 Å². The molecule has 0 aliphatic heterocycles. The minimum atomic E-state index is 0.119. The van der Waals surface area contributed by atoms with Crippen molar-refractivity contribution >= 4 is 0 Å². The molecule has 0 aliphatic carbocycles. The first-order valence-electron chi connectivity index (χ1n) is 12.2. The van der Waals surface area contributed by atoms with Crippen molar-refractivity contribution in [3.63, 3.8) is 0 Å². The Kier molecular flexibility index (Phi) is 6.98. The van der Waals surface area contributed by atoms with E-state index in [9.17, 15) is 0 Å². The van der Waals surface area contributed by atoms with Gasteiger partial charge in [0.15, 0.2) is 0 Å². The Morgan fingerprint density at radius 2 is 1.00 bits per heavy atom. The fraction of sp³-hybridized carbons (Fsp3) is 0.613. The standard InChI is InChI=1S/C31H48/c1-14-25(21-17-23(29(5,6)7)19-24(18-21)30(8,9)10)26-20-22(28(2,3)4)15-16-27(26)31(11,12)13/h15-20,25H,14H2,1-13H3. The second kappa shape index (κ2) is 8.42. The Bertz CT molecular complexity index is 867. The van der Waals surface area contributed by atoms with Gasteiger partial charge in [0.1, 0.15) is 0 Å². The lowest BCUT2D eigenvalue weighted by Gasteiger charge is -2.32. The highest BCUT2D eigenvalue weighted by molar-refractivity contribution is 5.48. The van der Waals surface area contributed by atoms with Crippen molar-refractivity contribution < 1.29 is 0 Å². The van der Waals surface area contributed by atoms with E-state index in [1.165, 1.54) is 33.4 Å². The minimum Gasteiger partial charge on any atom is -0.0645 e. The number of hydrogen-bond donors (Lipinski definition) is 0. The molecule has 0 saturated heterocycles. The molecule has 0 heterocycles. The zero-order valence-corrected chi connectivity index (χ0v) is 22.7. The lowest BCUT2D eigenvalue weighted by molar-refractivity contribution is 0.556. The molecule has 172 valence electrons. The van der Waals surface area contributed by atoms with E-state index in [4.69, 9.17) is 0 Å². The van der Waals surface area contributed by atoms with E-state index in [0.29, 0.717) is 5.92 Å². The maximum absolute atomic E-state index is 2.51. The summed E-state index contributed by atoms with van der Waals surface area (Å²) >= 11 is 0. The van der Waals surface area contributed by atoms with Gasteiger partial charge in [-0.1, -0.05) is 126 Å². The van der Waals surface area contributed by atoms with Gasteiger partial charge in [0.2, 0.25) is 0 Å². The molecule has 0 radical (unpaired) electrons. The van der Waals surface area contributed by atoms with Gasteiger partial charge in [-0.15, -0.1) is 0 Å². The van der Waals surface area contributed by atoms with Crippen LogP contribution in [-0.4, -0.2) is 0 Å².